The van der Waals surface area contributed by atoms with E-state index in [9.17, 15) is 5.26 Å². The molecular weight excluding hydrogens is 474 g/mol. The highest BCUT2D eigenvalue weighted by atomic mass is 35.5. The van der Waals surface area contributed by atoms with Crippen molar-refractivity contribution >= 4 is 28.5 Å². The molecule has 1 saturated carbocycles. The van der Waals surface area contributed by atoms with E-state index in [0.717, 1.165) is 67.0 Å². The largest absolute Gasteiger partial charge is 0.487 e. The Morgan fingerprint density at radius 2 is 1.75 bits per heavy atom. The zero-order valence-electron chi connectivity index (χ0n) is 19.6. The number of hydrogen-bond acceptors (Lipinski definition) is 7. The second-order valence-electron chi connectivity index (χ2n) is 9.02. The minimum absolute atomic E-state index is 0.157. The Hall–Kier alpha value is -3.86. The number of piperazine rings is 1. The van der Waals surface area contributed by atoms with E-state index in [-0.39, 0.29) is 6.10 Å². The van der Waals surface area contributed by atoms with Crippen molar-refractivity contribution in [2.45, 2.75) is 18.9 Å². The molecule has 1 aliphatic heterocycles. The minimum atomic E-state index is 0.157. The van der Waals surface area contributed by atoms with Crippen LogP contribution in [0.2, 0.25) is 5.02 Å². The fourth-order valence-corrected chi connectivity index (χ4v) is 4.51. The molecule has 8 heteroatoms. The van der Waals surface area contributed by atoms with Gasteiger partial charge in [0.1, 0.15) is 17.6 Å². The molecule has 0 amide bonds. The Morgan fingerprint density at radius 3 is 2.50 bits per heavy atom. The maximum atomic E-state index is 9.53. The predicted molar refractivity (Wildman–Crippen MR) is 140 cm³/mol. The Kier molecular flexibility index (Phi) is 6.06. The summed E-state index contributed by atoms with van der Waals surface area (Å²) in [5.41, 5.74) is 3.43. The lowest BCUT2D eigenvalue weighted by Gasteiger charge is -2.27. The van der Waals surface area contributed by atoms with Gasteiger partial charge in [-0.25, -0.2) is 9.97 Å². The van der Waals surface area contributed by atoms with Gasteiger partial charge in [0.2, 0.25) is 5.95 Å². The molecule has 0 atom stereocenters. The van der Waals surface area contributed by atoms with Gasteiger partial charge >= 0.3 is 0 Å². The maximum absolute atomic E-state index is 9.53. The summed E-state index contributed by atoms with van der Waals surface area (Å²) in [5, 5.41) is 14.3. The fraction of sp³-hybridized carbons (Fsp3) is 0.250. The number of halogens is 1. The Balaban J connectivity index is 1.19. The van der Waals surface area contributed by atoms with E-state index >= 15 is 0 Å². The van der Waals surface area contributed by atoms with E-state index in [1.165, 1.54) is 0 Å². The number of aromatic nitrogens is 2. The summed E-state index contributed by atoms with van der Waals surface area (Å²) in [6, 6.07) is 19.5. The number of nitrogens with zero attached hydrogens (tertiary/aromatic N) is 4. The van der Waals surface area contributed by atoms with Gasteiger partial charge in [0.25, 0.3) is 0 Å². The lowest BCUT2D eigenvalue weighted by atomic mass is 10.0. The topological polar surface area (TPSA) is 83.3 Å². The first-order valence-electron chi connectivity index (χ1n) is 12.1. The molecular formula is C28H24ClN5O2. The normalized spacial score (nSPS) is 15.5. The molecule has 0 unspecified atom stereocenters. The van der Waals surface area contributed by atoms with Crippen LogP contribution in [0.1, 0.15) is 18.4 Å². The van der Waals surface area contributed by atoms with Gasteiger partial charge in [0.05, 0.1) is 22.2 Å². The van der Waals surface area contributed by atoms with Crippen LogP contribution in [-0.2, 0) is 0 Å². The van der Waals surface area contributed by atoms with E-state index in [2.05, 4.69) is 33.4 Å². The van der Waals surface area contributed by atoms with Crippen LogP contribution in [0.15, 0.2) is 60.8 Å². The highest BCUT2D eigenvalue weighted by Crippen LogP contribution is 2.38. The molecule has 0 radical (unpaired) electrons. The number of fused-ring (bicyclic) bond motifs is 1. The molecule has 2 heterocycles. The number of anilines is 1. The van der Waals surface area contributed by atoms with Crippen molar-refractivity contribution in [1.82, 2.24) is 15.3 Å². The summed E-state index contributed by atoms with van der Waals surface area (Å²) in [7, 11) is 0. The minimum Gasteiger partial charge on any atom is -0.487 e. The number of rotatable bonds is 6. The summed E-state index contributed by atoms with van der Waals surface area (Å²) < 4.78 is 11.8. The molecule has 1 aromatic heterocycles. The average molecular weight is 498 g/mol. The molecule has 7 nitrogen and oxygen atoms in total. The van der Waals surface area contributed by atoms with Gasteiger partial charge in [-0.2, -0.15) is 5.26 Å². The standard InChI is InChI=1S/C28H24ClN5O2/c29-25-15-24(14-20(16-30)27(25)36-23-6-7-23)35-22-4-1-18(2-5-22)19-3-8-26-21(13-19)17-32-28(33-26)34-11-9-31-10-12-34/h1-5,8,13-15,17,23,31H,6-7,9-12H2. The zero-order valence-corrected chi connectivity index (χ0v) is 20.3. The molecule has 0 bridgehead atoms. The highest BCUT2D eigenvalue weighted by Gasteiger charge is 2.26. The molecule has 1 aliphatic carbocycles. The van der Waals surface area contributed by atoms with Crippen molar-refractivity contribution in [3.05, 3.63) is 71.4 Å². The van der Waals surface area contributed by atoms with Gasteiger partial charge in [-0.15, -0.1) is 0 Å². The van der Waals surface area contributed by atoms with Crippen molar-refractivity contribution < 1.29 is 9.47 Å². The van der Waals surface area contributed by atoms with Gasteiger partial charge < -0.3 is 19.7 Å². The Labute approximate surface area is 214 Å². The number of benzene rings is 3. The Morgan fingerprint density at radius 1 is 0.972 bits per heavy atom. The SMILES string of the molecule is N#Cc1cc(Oc2ccc(-c3ccc4nc(N5CCNCC5)ncc4c3)cc2)cc(Cl)c1OC1CC1. The second-order valence-corrected chi connectivity index (χ2v) is 9.43. The van der Waals surface area contributed by atoms with Crippen molar-refractivity contribution in [3.8, 4) is 34.4 Å². The fourth-order valence-electron chi connectivity index (χ4n) is 4.25. The van der Waals surface area contributed by atoms with Crippen LogP contribution in [0, 0.1) is 11.3 Å². The van der Waals surface area contributed by atoms with E-state index < -0.39 is 0 Å². The van der Waals surface area contributed by atoms with Crippen LogP contribution in [0.5, 0.6) is 17.2 Å². The lowest BCUT2D eigenvalue weighted by molar-refractivity contribution is 0.302. The van der Waals surface area contributed by atoms with Crippen molar-refractivity contribution in [1.29, 1.82) is 5.26 Å². The molecule has 4 aromatic rings. The summed E-state index contributed by atoms with van der Waals surface area (Å²) in [6.07, 6.45) is 4.04. The van der Waals surface area contributed by atoms with Crippen LogP contribution < -0.4 is 19.7 Å². The summed E-state index contributed by atoms with van der Waals surface area (Å²) in [6.45, 7) is 3.74. The third kappa shape index (κ3) is 4.78. The zero-order chi connectivity index (χ0) is 24.5. The quantitative estimate of drug-likeness (QED) is 0.373. The third-order valence-corrected chi connectivity index (χ3v) is 6.62. The molecule has 2 aliphatic rings. The molecule has 180 valence electrons. The molecule has 1 N–H and O–H groups in total. The van der Waals surface area contributed by atoms with Crippen LogP contribution >= 0.6 is 11.6 Å². The number of hydrogen-bond donors (Lipinski definition) is 1. The molecule has 36 heavy (non-hydrogen) atoms. The highest BCUT2D eigenvalue weighted by molar-refractivity contribution is 6.32. The van der Waals surface area contributed by atoms with Crippen LogP contribution in [0.4, 0.5) is 5.95 Å². The smallest absolute Gasteiger partial charge is 0.225 e. The second kappa shape index (κ2) is 9.65. The third-order valence-electron chi connectivity index (χ3n) is 6.34. The first kappa shape index (κ1) is 22.6. The van der Waals surface area contributed by atoms with Crippen molar-refractivity contribution in [2.75, 3.05) is 31.1 Å². The average Bonchev–Trinajstić information content (AvgIpc) is 3.75. The monoisotopic (exact) mass is 497 g/mol. The molecule has 0 spiro atoms. The number of nitriles is 1. The van der Waals surface area contributed by atoms with Crippen LogP contribution in [0.25, 0.3) is 22.0 Å². The number of nitrogens with one attached hydrogen (secondary N) is 1. The van der Waals surface area contributed by atoms with Gasteiger partial charge in [-0.1, -0.05) is 29.8 Å². The van der Waals surface area contributed by atoms with Crippen LogP contribution in [-0.4, -0.2) is 42.3 Å². The van der Waals surface area contributed by atoms with Gasteiger partial charge in [-0.05, 0) is 48.2 Å². The molecule has 2 fully saturated rings. The van der Waals surface area contributed by atoms with Gasteiger partial charge in [0, 0.05) is 49.9 Å². The maximum Gasteiger partial charge on any atom is 0.225 e. The van der Waals surface area contributed by atoms with E-state index in [1.54, 1.807) is 12.1 Å². The van der Waals surface area contributed by atoms with E-state index in [1.807, 2.05) is 36.5 Å². The van der Waals surface area contributed by atoms with Crippen molar-refractivity contribution in [2.24, 2.45) is 0 Å². The predicted octanol–water partition coefficient (Wildman–Crippen LogP) is 5.56. The molecule has 1 saturated heterocycles. The van der Waals surface area contributed by atoms with E-state index in [4.69, 9.17) is 26.1 Å². The van der Waals surface area contributed by atoms with Crippen molar-refractivity contribution in [3.63, 3.8) is 0 Å². The summed E-state index contributed by atoms with van der Waals surface area (Å²) in [5.74, 6) is 2.37. The van der Waals surface area contributed by atoms with Gasteiger partial charge in [0.15, 0.2) is 5.75 Å². The summed E-state index contributed by atoms with van der Waals surface area (Å²) >= 11 is 6.39. The van der Waals surface area contributed by atoms with Crippen LogP contribution in [0.3, 0.4) is 0 Å². The number of ether oxygens (including phenoxy) is 2. The first-order chi connectivity index (χ1) is 17.7. The molecule has 3 aromatic carbocycles. The Bertz CT molecular complexity index is 1460. The summed E-state index contributed by atoms with van der Waals surface area (Å²) in [4.78, 5) is 11.6. The lowest BCUT2D eigenvalue weighted by Crippen LogP contribution is -2.44. The first-order valence-corrected chi connectivity index (χ1v) is 12.5. The molecule has 6 rings (SSSR count). The van der Waals surface area contributed by atoms with Gasteiger partial charge in [-0.3, -0.25) is 0 Å². The van der Waals surface area contributed by atoms with E-state index in [0.29, 0.717) is 27.8 Å².